The molecule has 0 aromatic rings. The van der Waals surface area contributed by atoms with Crippen LogP contribution in [0.4, 0.5) is 4.39 Å². The summed E-state index contributed by atoms with van der Waals surface area (Å²) in [5.74, 6) is -2.13. The first kappa shape index (κ1) is 24.5. The number of rotatable bonds is 3. The van der Waals surface area contributed by atoms with E-state index < -0.39 is 40.1 Å². The second-order valence-electron chi connectivity index (χ2n) is 11.8. The standard InChI is InChI=1S/C27H39FO6/c1-6-25(32-7-2)33-15-22(31)27(34-25)16(3)12-20-19-9-8-17-13-18(29)10-11-23(17,4)26(19,28)21(30)14-24(20,27)5/h13,16,19-21,30H,6-12,14-15H2,1-5H3/t16-,19-,20-,21-,23-,24-,25?,26-,27-/m0/s1. The molecule has 5 aliphatic rings. The number of ketones is 2. The number of fused-ring (bicyclic) bond motifs is 6. The summed E-state index contributed by atoms with van der Waals surface area (Å²) >= 11 is 0. The van der Waals surface area contributed by atoms with E-state index in [1.807, 2.05) is 34.6 Å². The van der Waals surface area contributed by atoms with Crippen molar-refractivity contribution in [2.45, 2.75) is 103 Å². The fourth-order valence-corrected chi connectivity index (χ4v) is 8.88. The highest BCUT2D eigenvalue weighted by atomic mass is 19.1. The van der Waals surface area contributed by atoms with Gasteiger partial charge >= 0.3 is 0 Å². The Bertz CT molecular complexity index is 934. The van der Waals surface area contributed by atoms with Crippen LogP contribution in [0.5, 0.6) is 0 Å². The predicted octanol–water partition coefficient (Wildman–Crippen LogP) is 4.28. The van der Waals surface area contributed by atoms with Crippen molar-refractivity contribution >= 4 is 11.6 Å². The van der Waals surface area contributed by atoms with Crippen LogP contribution in [0.1, 0.15) is 79.6 Å². The van der Waals surface area contributed by atoms with Gasteiger partial charge in [-0.2, -0.15) is 0 Å². The largest absolute Gasteiger partial charge is 0.390 e. The summed E-state index contributed by atoms with van der Waals surface area (Å²) in [4.78, 5) is 25.8. The van der Waals surface area contributed by atoms with Gasteiger partial charge in [-0.05, 0) is 56.9 Å². The number of aliphatic hydroxyl groups is 1. The Labute approximate surface area is 201 Å². The van der Waals surface area contributed by atoms with Gasteiger partial charge < -0.3 is 19.3 Å². The average molecular weight is 479 g/mol. The van der Waals surface area contributed by atoms with Crippen molar-refractivity contribution in [1.82, 2.24) is 0 Å². The number of aliphatic hydroxyl groups excluding tert-OH is 1. The molecular weight excluding hydrogens is 439 g/mol. The van der Waals surface area contributed by atoms with Crippen LogP contribution in [-0.2, 0) is 23.8 Å². The van der Waals surface area contributed by atoms with Crippen molar-refractivity contribution in [2.24, 2.45) is 28.6 Å². The molecule has 190 valence electrons. The molecule has 0 aromatic carbocycles. The molecule has 1 N–H and O–H groups in total. The topological polar surface area (TPSA) is 82.1 Å². The van der Waals surface area contributed by atoms with Crippen LogP contribution in [-0.4, -0.2) is 53.2 Å². The maximum absolute atomic E-state index is 17.4. The molecule has 1 heterocycles. The van der Waals surface area contributed by atoms with E-state index in [-0.39, 0.29) is 36.4 Å². The molecule has 1 spiro atoms. The number of carbonyl (C=O) groups excluding carboxylic acids is 2. The second kappa shape index (κ2) is 7.67. The summed E-state index contributed by atoms with van der Waals surface area (Å²) in [5, 5.41) is 11.6. The average Bonchev–Trinajstić information content (AvgIpc) is 3.00. The Balaban J connectivity index is 1.60. The molecule has 5 rings (SSSR count). The highest BCUT2D eigenvalue weighted by molar-refractivity contribution is 5.92. The molecule has 1 saturated heterocycles. The van der Waals surface area contributed by atoms with Crippen LogP contribution in [0.15, 0.2) is 11.6 Å². The van der Waals surface area contributed by atoms with Crippen molar-refractivity contribution < 1.29 is 33.3 Å². The lowest BCUT2D eigenvalue weighted by Crippen LogP contribution is -2.72. The molecule has 0 amide bonds. The molecule has 4 fully saturated rings. The zero-order valence-corrected chi connectivity index (χ0v) is 21.1. The predicted molar refractivity (Wildman–Crippen MR) is 122 cm³/mol. The molecular formula is C27H39FO6. The van der Waals surface area contributed by atoms with E-state index in [0.29, 0.717) is 45.1 Å². The molecule has 7 heteroatoms. The van der Waals surface area contributed by atoms with Crippen molar-refractivity contribution in [3.8, 4) is 0 Å². The number of ether oxygens (including phenoxy) is 3. The molecule has 34 heavy (non-hydrogen) atoms. The number of alkyl halides is 1. The van der Waals surface area contributed by atoms with E-state index in [1.165, 1.54) is 0 Å². The number of carbonyl (C=O) groups is 2. The van der Waals surface area contributed by atoms with Gasteiger partial charge in [0.2, 0.25) is 0 Å². The highest BCUT2D eigenvalue weighted by Crippen LogP contribution is 2.72. The molecule has 3 saturated carbocycles. The summed E-state index contributed by atoms with van der Waals surface area (Å²) in [6.07, 6.45) is 3.49. The zero-order valence-electron chi connectivity index (χ0n) is 21.1. The van der Waals surface area contributed by atoms with E-state index in [9.17, 15) is 14.7 Å². The van der Waals surface area contributed by atoms with E-state index in [4.69, 9.17) is 14.2 Å². The van der Waals surface area contributed by atoms with Crippen LogP contribution >= 0.6 is 0 Å². The van der Waals surface area contributed by atoms with Crippen LogP contribution in [0.2, 0.25) is 0 Å². The van der Waals surface area contributed by atoms with Crippen LogP contribution in [0, 0.1) is 28.6 Å². The molecule has 4 aliphatic carbocycles. The Kier molecular flexibility index (Phi) is 5.54. The third kappa shape index (κ3) is 2.76. The summed E-state index contributed by atoms with van der Waals surface area (Å²) < 4.78 is 35.8. The smallest absolute Gasteiger partial charge is 0.284 e. The number of allylic oxidation sites excluding steroid dienone is 1. The SMILES string of the molecule is CCOC1(CC)OCC(=O)[C@@]2(O1)[C@@H](C)C[C@H]1[C@@H]3CCC4=CC(=O)CC[C@]4(C)[C@@]3(F)[C@@H](O)C[C@@]12C. The van der Waals surface area contributed by atoms with Gasteiger partial charge in [0.05, 0.1) is 6.10 Å². The quantitative estimate of drug-likeness (QED) is 0.652. The van der Waals surface area contributed by atoms with Gasteiger partial charge in [0.15, 0.2) is 11.6 Å². The summed E-state index contributed by atoms with van der Waals surface area (Å²) in [5.41, 5.74) is -3.84. The third-order valence-electron chi connectivity index (χ3n) is 10.5. The lowest BCUT2D eigenvalue weighted by molar-refractivity contribution is -0.435. The first-order chi connectivity index (χ1) is 15.9. The maximum Gasteiger partial charge on any atom is 0.284 e. The lowest BCUT2D eigenvalue weighted by Gasteiger charge is -2.64. The second-order valence-corrected chi connectivity index (χ2v) is 11.8. The molecule has 0 aromatic heterocycles. The molecule has 0 radical (unpaired) electrons. The van der Waals surface area contributed by atoms with Gasteiger partial charge in [-0.3, -0.25) is 9.59 Å². The fraction of sp³-hybridized carbons (Fsp3) is 0.852. The Hall–Kier alpha value is -1.15. The first-order valence-electron chi connectivity index (χ1n) is 13.1. The minimum atomic E-state index is -1.84. The van der Waals surface area contributed by atoms with E-state index in [1.54, 1.807) is 6.08 Å². The maximum atomic E-state index is 17.4. The van der Waals surface area contributed by atoms with Gasteiger partial charge in [0.25, 0.3) is 5.97 Å². The van der Waals surface area contributed by atoms with Gasteiger partial charge in [0, 0.05) is 36.2 Å². The third-order valence-corrected chi connectivity index (χ3v) is 10.5. The Morgan fingerprint density at radius 1 is 1.21 bits per heavy atom. The van der Waals surface area contributed by atoms with E-state index >= 15 is 4.39 Å². The molecule has 0 bridgehead atoms. The number of hydrogen-bond acceptors (Lipinski definition) is 6. The normalized spacial score (nSPS) is 52.7. The minimum absolute atomic E-state index is 0.0473. The summed E-state index contributed by atoms with van der Waals surface area (Å²) in [6, 6.07) is 0. The van der Waals surface area contributed by atoms with Gasteiger partial charge in [-0.15, -0.1) is 0 Å². The first-order valence-corrected chi connectivity index (χ1v) is 13.1. The number of halogens is 1. The lowest BCUT2D eigenvalue weighted by atomic mass is 9.43. The molecule has 9 atom stereocenters. The number of hydrogen-bond donors (Lipinski definition) is 1. The summed E-state index contributed by atoms with van der Waals surface area (Å²) in [6.45, 7) is 9.94. The highest BCUT2D eigenvalue weighted by Gasteiger charge is 2.78. The molecule has 1 unspecified atom stereocenters. The van der Waals surface area contributed by atoms with E-state index in [0.717, 1.165) is 5.57 Å². The van der Waals surface area contributed by atoms with Gasteiger partial charge in [-0.1, -0.05) is 33.3 Å². The van der Waals surface area contributed by atoms with Crippen LogP contribution in [0.3, 0.4) is 0 Å². The van der Waals surface area contributed by atoms with Gasteiger partial charge in [0.1, 0.15) is 17.9 Å². The summed E-state index contributed by atoms with van der Waals surface area (Å²) in [7, 11) is 0. The fourth-order valence-electron chi connectivity index (χ4n) is 8.88. The van der Waals surface area contributed by atoms with Gasteiger partial charge in [-0.25, -0.2) is 4.39 Å². The minimum Gasteiger partial charge on any atom is -0.390 e. The van der Waals surface area contributed by atoms with Crippen molar-refractivity contribution in [3.63, 3.8) is 0 Å². The van der Waals surface area contributed by atoms with E-state index in [2.05, 4.69) is 0 Å². The van der Waals surface area contributed by atoms with Crippen LogP contribution in [0.25, 0.3) is 0 Å². The zero-order chi connectivity index (χ0) is 24.7. The Morgan fingerprint density at radius 3 is 2.62 bits per heavy atom. The molecule has 6 nitrogen and oxygen atoms in total. The van der Waals surface area contributed by atoms with Crippen LogP contribution < -0.4 is 0 Å². The van der Waals surface area contributed by atoms with Crippen molar-refractivity contribution in [3.05, 3.63) is 11.6 Å². The monoisotopic (exact) mass is 478 g/mol. The van der Waals surface area contributed by atoms with Crippen molar-refractivity contribution in [2.75, 3.05) is 13.2 Å². The van der Waals surface area contributed by atoms with Crippen molar-refractivity contribution in [1.29, 1.82) is 0 Å². The number of Topliss-reactive ketones (excluding diaryl/α,β-unsaturated/α-hetero) is 1. The Morgan fingerprint density at radius 2 is 1.94 bits per heavy atom. The molecule has 1 aliphatic heterocycles.